The minimum Gasteiger partial charge on any atom is -0.507 e. The molecule has 1 aromatic heterocycles. The van der Waals surface area contributed by atoms with Crippen molar-refractivity contribution in [1.29, 1.82) is 5.26 Å². The van der Waals surface area contributed by atoms with Gasteiger partial charge >= 0.3 is 0 Å². The van der Waals surface area contributed by atoms with Gasteiger partial charge in [-0.3, -0.25) is 4.79 Å². The van der Waals surface area contributed by atoms with Crippen LogP contribution in [0.3, 0.4) is 0 Å². The lowest BCUT2D eigenvalue weighted by Gasteiger charge is -2.13. The van der Waals surface area contributed by atoms with Crippen LogP contribution in [0.15, 0.2) is 72.9 Å². The summed E-state index contributed by atoms with van der Waals surface area (Å²) in [4.78, 5) is 16.2. The fourth-order valence-corrected chi connectivity index (χ4v) is 3.51. The summed E-state index contributed by atoms with van der Waals surface area (Å²) in [5.41, 5.74) is 1.85. The Morgan fingerprint density at radius 3 is 2.43 bits per heavy atom. The SMILES string of the molecule is N#Cc1c(-c2ccccc2)c(C(=O)c2ccc3ccccc3c2O)c[nH]c1=S. The van der Waals surface area contributed by atoms with Gasteiger partial charge in [-0.15, -0.1) is 0 Å². The number of phenolic OH excluding ortho intramolecular Hbond substituents is 1. The number of rotatable bonds is 3. The molecule has 0 amide bonds. The molecule has 3 aromatic carbocycles. The largest absolute Gasteiger partial charge is 0.507 e. The minimum absolute atomic E-state index is 0.0805. The number of aromatic nitrogens is 1. The summed E-state index contributed by atoms with van der Waals surface area (Å²) >= 11 is 5.25. The van der Waals surface area contributed by atoms with Crippen molar-refractivity contribution < 1.29 is 9.90 Å². The third kappa shape index (κ3) is 2.86. The number of hydrogen-bond acceptors (Lipinski definition) is 4. The van der Waals surface area contributed by atoms with Gasteiger partial charge in [0.25, 0.3) is 0 Å². The fraction of sp³-hybridized carbons (Fsp3) is 0. The second-order valence-electron chi connectivity index (χ2n) is 6.27. The number of carbonyl (C=O) groups excluding carboxylic acids is 1. The van der Waals surface area contributed by atoms with E-state index in [9.17, 15) is 15.2 Å². The lowest BCUT2D eigenvalue weighted by molar-refractivity contribution is 0.103. The van der Waals surface area contributed by atoms with Crippen molar-refractivity contribution in [3.63, 3.8) is 0 Å². The summed E-state index contributed by atoms with van der Waals surface area (Å²) in [5, 5.41) is 21.8. The summed E-state index contributed by atoms with van der Waals surface area (Å²) in [6.07, 6.45) is 1.50. The number of aromatic amines is 1. The maximum atomic E-state index is 13.4. The van der Waals surface area contributed by atoms with Crippen LogP contribution < -0.4 is 0 Å². The van der Waals surface area contributed by atoms with Crippen LogP contribution in [-0.4, -0.2) is 15.9 Å². The first-order valence-electron chi connectivity index (χ1n) is 8.58. The summed E-state index contributed by atoms with van der Waals surface area (Å²) in [5.74, 6) is -0.465. The first kappa shape index (κ1) is 17.7. The van der Waals surface area contributed by atoms with Gasteiger partial charge < -0.3 is 10.1 Å². The van der Waals surface area contributed by atoms with E-state index in [2.05, 4.69) is 11.1 Å². The van der Waals surface area contributed by atoms with Gasteiger partial charge in [-0.2, -0.15) is 5.26 Å². The van der Waals surface area contributed by atoms with Gasteiger partial charge in [-0.25, -0.2) is 0 Å². The average molecular weight is 382 g/mol. The van der Waals surface area contributed by atoms with Crippen molar-refractivity contribution in [3.8, 4) is 22.9 Å². The average Bonchev–Trinajstić information content (AvgIpc) is 2.74. The number of nitrogens with one attached hydrogen (secondary N) is 1. The molecule has 0 aliphatic carbocycles. The van der Waals surface area contributed by atoms with Crippen molar-refractivity contribution in [1.82, 2.24) is 4.98 Å². The molecule has 5 heteroatoms. The first-order valence-corrected chi connectivity index (χ1v) is 8.99. The molecule has 0 atom stereocenters. The van der Waals surface area contributed by atoms with Crippen molar-refractivity contribution in [2.24, 2.45) is 0 Å². The van der Waals surface area contributed by atoms with Crippen LogP contribution in [0.1, 0.15) is 21.5 Å². The molecule has 2 N–H and O–H groups in total. The van der Waals surface area contributed by atoms with Crippen molar-refractivity contribution in [2.45, 2.75) is 0 Å². The Labute approximate surface area is 166 Å². The number of hydrogen-bond donors (Lipinski definition) is 2. The Morgan fingerprint density at radius 2 is 1.68 bits per heavy atom. The summed E-state index contributed by atoms with van der Waals surface area (Å²) in [6.45, 7) is 0. The molecular formula is C23H14N2O2S. The first-order chi connectivity index (χ1) is 13.6. The molecule has 0 saturated heterocycles. The molecule has 134 valence electrons. The van der Waals surface area contributed by atoms with Gasteiger partial charge in [0.05, 0.1) is 11.1 Å². The topological polar surface area (TPSA) is 76.9 Å². The molecule has 0 radical (unpaired) electrons. The monoisotopic (exact) mass is 382 g/mol. The maximum Gasteiger partial charge on any atom is 0.198 e. The molecule has 0 fully saturated rings. The molecule has 0 aliphatic rings. The number of nitrogens with zero attached hydrogens (tertiary/aromatic N) is 1. The molecule has 1 heterocycles. The molecule has 0 aliphatic heterocycles. The van der Waals surface area contributed by atoms with Gasteiger partial charge in [0.2, 0.25) is 0 Å². The minimum atomic E-state index is -0.384. The number of phenols is 1. The van der Waals surface area contributed by atoms with E-state index >= 15 is 0 Å². The number of aromatic hydroxyl groups is 1. The van der Waals surface area contributed by atoms with E-state index in [0.29, 0.717) is 16.5 Å². The predicted molar refractivity (Wildman–Crippen MR) is 111 cm³/mol. The number of carbonyl (C=O) groups is 1. The van der Waals surface area contributed by atoms with Crippen LogP contribution in [-0.2, 0) is 0 Å². The zero-order valence-electron chi connectivity index (χ0n) is 14.6. The molecule has 4 nitrogen and oxygen atoms in total. The predicted octanol–water partition coefficient (Wildman–Crippen LogP) is 5.37. The zero-order chi connectivity index (χ0) is 19.7. The van der Waals surface area contributed by atoms with Crippen molar-refractivity contribution in [3.05, 3.63) is 94.3 Å². The van der Waals surface area contributed by atoms with Crippen LogP contribution in [0.2, 0.25) is 0 Å². The molecule has 0 spiro atoms. The van der Waals surface area contributed by atoms with Crippen LogP contribution >= 0.6 is 12.2 Å². The molecule has 0 bridgehead atoms. The Morgan fingerprint density at radius 1 is 0.964 bits per heavy atom. The molecule has 0 unspecified atom stereocenters. The number of benzene rings is 3. The smallest absolute Gasteiger partial charge is 0.198 e. The number of H-pyrrole nitrogens is 1. The highest BCUT2D eigenvalue weighted by molar-refractivity contribution is 7.71. The maximum absolute atomic E-state index is 13.4. The van der Waals surface area contributed by atoms with Gasteiger partial charge in [-0.1, -0.05) is 72.9 Å². The van der Waals surface area contributed by atoms with E-state index < -0.39 is 0 Å². The van der Waals surface area contributed by atoms with Crippen LogP contribution in [0, 0.1) is 16.0 Å². The number of pyridine rings is 1. The van der Waals surface area contributed by atoms with Gasteiger partial charge in [-0.05, 0) is 17.0 Å². The summed E-state index contributed by atoms with van der Waals surface area (Å²) in [6, 6.07) is 22.0. The van der Waals surface area contributed by atoms with Crippen molar-refractivity contribution in [2.75, 3.05) is 0 Å². The molecule has 4 aromatic rings. The Balaban J connectivity index is 1.98. The van der Waals surface area contributed by atoms with E-state index in [1.165, 1.54) is 6.20 Å². The van der Waals surface area contributed by atoms with E-state index in [-0.39, 0.29) is 32.9 Å². The van der Waals surface area contributed by atoms with Crippen LogP contribution in [0.5, 0.6) is 5.75 Å². The quantitative estimate of drug-likeness (QED) is 0.369. The van der Waals surface area contributed by atoms with E-state index in [1.54, 1.807) is 24.3 Å². The standard InChI is InChI=1S/C23H14N2O2S/c24-12-18-20(15-7-2-1-3-8-15)19(13-25-23(18)28)22(27)17-11-10-14-6-4-5-9-16(14)21(17)26/h1-11,13,26H,(H,25,28). The highest BCUT2D eigenvalue weighted by Crippen LogP contribution is 2.34. The highest BCUT2D eigenvalue weighted by atomic mass is 32.1. The Hall–Kier alpha value is -3.75. The summed E-state index contributed by atoms with van der Waals surface area (Å²) < 4.78 is 0.264. The van der Waals surface area contributed by atoms with E-state index in [0.717, 1.165) is 5.39 Å². The normalized spacial score (nSPS) is 10.5. The molecule has 0 saturated carbocycles. The third-order valence-corrected chi connectivity index (χ3v) is 4.98. The molecule has 28 heavy (non-hydrogen) atoms. The fourth-order valence-electron chi connectivity index (χ4n) is 3.30. The third-order valence-electron chi connectivity index (χ3n) is 4.66. The van der Waals surface area contributed by atoms with E-state index in [4.69, 9.17) is 12.2 Å². The molecular weight excluding hydrogens is 368 g/mol. The molecule has 4 rings (SSSR count). The summed E-state index contributed by atoms with van der Waals surface area (Å²) in [7, 11) is 0. The van der Waals surface area contributed by atoms with Crippen LogP contribution in [0.25, 0.3) is 21.9 Å². The lowest BCUT2D eigenvalue weighted by Crippen LogP contribution is -2.07. The van der Waals surface area contributed by atoms with E-state index in [1.807, 2.05) is 42.5 Å². The zero-order valence-corrected chi connectivity index (χ0v) is 15.5. The second-order valence-corrected chi connectivity index (χ2v) is 6.68. The Bertz CT molecular complexity index is 1320. The van der Waals surface area contributed by atoms with Gasteiger partial charge in [0.1, 0.15) is 16.5 Å². The van der Waals surface area contributed by atoms with Crippen LogP contribution in [0.4, 0.5) is 0 Å². The number of ketones is 1. The second kappa shape index (κ2) is 7.10. The number of nitriles is 1. The van der Waals surface area contributed by atoms with Gasteiger partial charge in [0.15, 0.2) is 5.78 Å². The lowest BCUT2D eigenvalue weighted by atomic mass is 9.91. The van der Waals surface area contributed by atoms with Crippen molar-refractivity contribution >= 4 is 28.8 Å². The Kier molecular flexibility index (Phi) is 4.48. The highest BCUT2D eigenvalue weighted by Gasteiger charge is 2.22. The number of fused-ring (bicyclic) bond motifs is 1. The van der Waals surface area contributed by atoms with Gasteiger partial charge in [0, 0.05) is 22.7 Å².